The highest BCUT2D eigenvalue weighted by Gasteiger charge is 2.12. The average Bonchev–Trinajstić information content (AvgIpc) is 2.84. The summed E-state index contributed by atoms with van der Waals surface area (Å²) in [5.41, 5.74) is 3.34. The maximum atomic E-state index is 6.36. The van der Waals surface area contributed by atoms with E-state index in [0.717, 1.165) is 15.8 Å². The first-order chi connectivity index (χ1) is 9.56. The molecule has 0 unspecified atom stereocenters. The Morgan fingerprint density at radius 3 is 2.60 bits per heavy atom. The molecule has 0 aliphatic heterocycles. The van der Waals surface area contributed by atoms with Crippen LogP contribution in [0.1, 0.15) is 30.9 Å². The molecule has 0 spiro atoms. The Kier molecular flexibility index (Phi) is 3.48. The molecule has 0 atom stereocenters. The van der Waals surface area contributed by atoms with Gasteiger partial charge in [0.1, 0.15) is 5.15 Å². The van der Waals surface area contributed by atoms with Crippen molar-refractivity contribution in [2.45, 2.75) is 26.7 Å². The molecule has 0 radical (unpaired) electrons. The van der Waals surface area contributed by atoms with Crippen molar-refractivity contribution < 1.29 is 0 Å². The lowest BCUT2D eigenvalue weighted by Gasteiger charge is -2.08. The second kappa shape index (κ2) is 5.15. The van der Waals surface area contributed by atoms with Gasteiger partial charge in [0.2, 0.25) is 0 Å². The molecule has 1 aromatic carbocycles. The monoisotopic (exact) mass is 302 g/mol. The highest BCUT2D eigenvalue weighted by molar-refractivity contribution is 7.13. The number of thiophene rings is 1. The number of hydrogen-bond acceptors (Lipinski definition) is 3. The zero-order chi connectivity index (χ0) is 14.3. The summed E-state index contributed by atoms with van der Waals surface area (Å²) in [7, 11) is 0. The van der Waals surface area contributed by atoms with Gasteiger partial charge < -0.3 is 0 Å². The Hall–Kier alpha value is -1.45. The van der Waals surface area contributed by atoms with Gasteiger partial charge in [0.15, 0.2) is 5.82 Å². The second-order valence-electron chi connectivity index (χ2n) is 5.20. The molecule has 0 N–H and O–H groups in total. The molecule has 0 fully saturated rings. The molecule has 2 heterocycles. The van der Waals surface area contributed by atoms with E-state index in [1.807, 2.05) is 11.4 Å². The summed E-state index contributed by atoms with van der Waals surface area (Å²) in [6, 6.07) is 8.31. The van der Waals surface area contributed by atoms with Crippen molar-refractivity contribution in [1.29, 1.82) is 0 Å². The molecule has 2 aromatic heterocycles. The van der Waals surface area contributed by atoms with Gasteiger partial charge in [-0.25, -0.2) is 9.97 Å². The minimum atomic E-state index is 0.467. The molecule has 3 rings (SSSR count). The lowest BCUT2D eigenvalue weighted by molar-refractivity contribution is 0.868. The molecular formula is C16H15ClN2S. The first-order valence-corrected chi connectivity index (χ1v) is 7.83. The number of rotatable bonds is 2. The van der Waals surface area contributed by atoms with E-state index in [2.05, 4.69) is 48.9 Å². The third-order valence-corrected chi connectivity index (χ3v) is 4.71. The van der Waals surface area contributed by atoms with Crippen LogP contribution in [0, 0.1) is 6.92 Å². The van der Waals surface area contributed by atoms with Crippen molar-refractivity contribution in [3.05, 3.63) is 45.9 Å². The minimum absolute atomic E-state index is 0.467. The van der Waals surface area contributed by atoms with E-state index in [-0.39, 0.29) is 0 Å². The molecule has 4 heteroatoms. The van der Waals surface area contributed by atoms with Crippen molar-refractivity contribution in [2.24, 2.45) is 0 Å². The normalized spacial score (nSPS) is 11.4. The molecule has 0 saturated carbocycles. The van der Waals surface area contributed by atoms with Crippen LogP contribution in [0.15, 0.2) is 29.6 Å². The number of halogens is 1. The van der Waals surface area contributed by atoms with E-state index in [1.54, 1.807) is 11.3 Å². The number of benzene rings is 1. The number of aryl methyl sites for hydroxylation is 1. The van der Waals surface area contributed by atoms with Crippen molar-refractivity contribution in [3.63, 3.8) is 0 Å². The number of aromatic nitrogens is 2. The first-order valence-electron chi connectivity index (χ1n) is 6.58. The van der Waals surface area contributed by atoms with Crippen LogP contribution in [0.3, 0.4) is 0 Å². The van der Waals surface area contributed by atoms with Gasteiger partial charge >= 0.3 is 0 Å². The lowest BCUT2D eigenvalue weighted by Crippen LogP contribution is -1.94. The molecule has 2 nitrogen and oxygen atoms in total. The Labute approximate surface area is 127 Å². The van der Waals surface area contributed by atoms with E-state index in [4.69, 9.17) is 11.6 Å². The van der Waals surface area contributed by atoms with Gasteiger partial charge in [-0.15, -0.1) is 11.3 Å². The summed E-state index contributed by atoms with van der Waals surface area (Å²) < 4.78 is 0. The highest BCUT2D eigenvalue weighted by atomic mass is 35.5. The van der Waals surface area contributed by atoms with E-state index >= 15 is 0 Å². The van der Waals surface area contributed by atoms with Crippen LogP contribution in [0.2, 0.25) is 5.15 Å². The van der Waals surface area contributed by atoms with Crippen LogP contribution in [-0.2, 0) is 0 Å². The molecule has 20 heavy (non-hydrogen) atoms. The zero-order valence-electron chi connectivity index (χ0n) is 11.6. The molecular weight excluding hydrogens is 288 g/mol. The molecule has 0 amide bonds. The fourth-order valence-electron chi connectivity index (χ4n) is 2.17. The molecule has 3 aromatic rings. The Balaban J connectivity index is 2.21. The third-order valence-electron chi connectivity index (χ3n) is 3.41. The number of hydrogen-bond donors (Lipinski definition) is 0. The minimum Gasteiger partial charge on any atom is -0.227 e. The van der Waals surface area contributed by atoms with E-state index in [1.165, 1.54) is 11.1 Å². The largest absolute Gasteiger partial charge is 0.227 e. The van der Waals surface area contributed by atoms with Gasteiger partial charge in [0, 0.05) is 5.39 Å². The fourth-order valence-corrected chi connectivity index (χ4v) is 3.26. The van der Waals surface area contributed by atoms with Crippen molar-refractivity contribution in [2.75, 3.05) is 0 Å². The van der Waals surface area contributed by atoms with Crippen LogP contribution < -0.4 is 0 Å². The number of nitrogens with zero attached hydrogens (tertiary/aromatic N) is 2. The standard InChI is InChI=1S/C16H15ClN2S/c1-9(2)11-4-5-13-12(8-11)15(17)19-16(18-13)14-10(3)6-7-20-14/h4-9H,1-3H3. The lowest BCUT2D eigenvalue weighted by atomic mass is 10.0. The highest BCUT2D eigenvalue weighted by Crippen LogP contribution is 2.31. The quantitative estimate of drug-likeness (QED) is 0.589. The summed E-state index contributed by atoms with van der Waals surface area (Å²) in [5.74, 6) is 1.18. The van der Waals surface area contributed by atoms with Gasteiger partial charge in [0.25, 0.3) is 0 Å². The van der Waals surface area contributed by atoms with E-state index in [9.17, 15) is 0 Å². The number of fused-ring (bicyclic) bond motifs is 1. The maximum absolute atomic E-state index is 6.36. The SMILES string of the molecule is Cc1ccsc1-c1nc(Cl)c2cc(C(C)C)ccc2n1. The summed E-state index contributed by atoms with van der Waals surface area (Å²) in [6.07, 6.45) is 0. The van der Waals surface area contributed by atoms with E-state index < -0.39 is 0 Å². The van der Waals surface area contributed by atoms with Gasteiger partial charge in [0.05, 0.1) is 10.4 Å². The fraction of sp³-hybridized carbons (Fsp3) is 0.250. The van der Waals surface area contributed by atoms with Crippen LogP contribution in [0.5, 0.6) is 0 Å². The maximum Gasteiger partial charge on any atom is 0.171 e. The van der Waals surface area contributed by atoms with E-state index in [0.29, 0.717) is 16.9 Å². The molecule has 0 aliphatic rings. The molecule has 102 valence electrons. The van der Waals surface area contributed by atoms with Gasteiger partial charge in [-0.1, -0.05) is 31.5 Å². The molecule has 0 saturated heterocycles. The summed E-state index contributed by atoms with van der Waals surface area (Å²) in [4.78, 5) is 10.2. The van der Waals surface area contributed by atoms with Crippen LogP contribution in [-0.4, -0.2) is 9.97 Å². The Morgan fingerprint density at radius 2 is 1.95 bits per heavy atom. The zero-order valence-corrected chi connectivity index (χ0v) is 13.2. The molecule has 0 bridgehead atoms. The van der Waals surface area contributed by atoms with Gasteiger partial charge in [-0.2, -0.15) is 0 Å². The topological polar surface area (TPSA) is 25.8 Å². The second-order valence-corrected chi connectivity index (χ2v) is 6.48. The first kappa shape index (κ1) is 13.5. The van der Waals surface area contributed by atoms with Crippen LogP contribution >= 0.6 is 22.9 Å². The average molecular weight is 303 g/mol. The Morgan fingerprint density at radius 1 is 1.15 bits per heavy atom. The summed E-state index contributed by atoms with van der Waals surface area (Å²) in [6.45, 7) is 6.40. The van der Waals surface area contributed by atoms with Crippen molar-refractivity contribution >= 4 is 33.8 Å². The predicted octanol–water partition coefficient (Wildman–Crippen LogP) is 5.44. The Bertz CT molecular complexity index is 777. The molecule has 0 aliphatic carbocycles. The van der Waals surface area contributed by atoms with Crippen LogP contribution in [0.4, 0.5) is 0 Å². The predicted molar refractivity (Wildman–Crippen MR) is 86.7 cm³/mol. The van der Waals surface area contributed by atoms with Crippen molar-refractivity contribution in [3.8, 4) is 10.7 Å². The summed E-state index contributed by atoms with van der Waals surface area (Å²) >= 11 is 8.01. The van der Waals surface area contributed by atoms with Crippen LogP contribution in [0.25, 0.3) is 21.6 Å². The smallest absolute Gasteiger partial charge is 0.171 e. The van der Waals surface area contributed by atoms with Gasteiger partial charge in [-0.3, -0.25) is 0 Å². The summed E-state index contributed by atoms with van der Waals surface area (Å²) in [5, 5.41) is 3.50. The van der Waals surface area contributed by atoms with Crippen molar-refractivity contribution in [1.82, 2.24) is 9.97 Å². The third kappa shape index (κ3) is 2.32. The van der Waals surface area contributed by atoms with Gasteiger partial charge in [-0.05, 0) is 47.5 Å².